The number of nitrogens with one attached hydrogen (secondary N) is 1. The first-order valence-electron chi connectivity index (χ1n) is 5.50. The fourth-order valence-corrected chi connectivity index (χ4v) is 2.28. The summed E-state index contributed by atoms with van der Waals surface area (Å²) in [5, 5.41) is 0. The van der Waals surface area contributed by atoms with Crippen molar-refractivity contribution in [2.75, 3.05) is 7.11 Å². The Morgan fingerprint density at radius 3 is 2.61 bits per heavy atom. The molecule has 0 bridgehead atoms. The van der Waals surface area contributed by atoms with Gasteiger partial charge in [0.15, 0.2) is 0 Å². The molecule has 0 unspecified atom stereocenters. The van der Waals surface area contributed by atoms with Crippen molar-refractivity contribution in [1.82, 2.24) is 4.72 Å². The molecule has 0 saturated carbocycles. The highest BCUT2D eigenvalue weighted by atomic mass is 32.2. The normalized spacial score (nSPS) is 13.7. The second kappa shape index (κ2) is 7.08. The standard InChI is InChI=1S/C13H17NO3S/c1-4-11(9-13(15)17-3)14-18(16)12-7-5-10(2)6-8-12/h4-8,11,14H,1,9H2,2-3H3/t11-,18-/m0/s1. The Hall–Kier alpha value is -1.46. The van der Waals surface area contributed by atoms with E-state index in [0.29, 0.717) is 4.90 Å². The lowest BCUT2D eigenvalue weighted by Gasteiger charge is -2.12. The van der Waals surface area contributed by atoms with Crippen LogP contribution in [-0.4, -0.2) is 23.3 Å². The highest BCUT2D eigenvalue weighted by Crippen LogP contribution is 2.08. The maximum Gasteiger partial charge on any atom is 0.307 e. The maximum absolute atomic E-state index is 12.0. The van der Waals surface area contributed by atoms with E-state index >= 15 is 0 Å². The molecule has 0 fully saturated rings. The number of benzene rings is 1. The van der Waals surface area contributed by atoms with Crippen molar-refractivity contribution < 1.29 is 13.7 Å². The van der Waals surface area contributed by atoms with Gasteiger partial charge in [-0.2, -0.15) is 0 Å². The van der Waals surface area contributed by atoms with Gasteiger partial charge < -0.3 is 4.74 Å². The molecule has 0 saturated heterocycles. The van der Waals surface area contributed by atoms with E-state index in [0.717, 1.165) is 5.56 Å². The number of ether oxygens (including phenoxy) is 1. The summed E-state index contributed by atoms with van der Waals surface area (Å²) in [7, 11) is -0.0502. The van der Waals surface area contributed by atoms with Crippen molar-refractivity contribution in [3.63, 3.8) is 0 Å². The maximum atomic E-state index is 12.0. The number of carbonyl (C=O) groups excluding carboxylic acids is 1. The van der Waals surface area contributed by atoms with Crippen LogP contribution in [0.15, 0.2) is 41.8 Å². The van der Waals surface area contributed by atoms with Crippen LogP contribution in [0.3, 0.4) is 0 Å². The first-order chi connectivity index (χ1) is 8.56. The van der Waals surface area contributed by atoms with E-state index in [1.165, 1.54) is 7.11 Å². The molecule has 1 aromatic rings. The highest BCUT2D eigenvalue weighted by Gasteiger charge is 2.14. The van der Waals surface area contributed by atoms with E-state index in [-0.39, 0.29) is 18.4 Å². The second-order valence-corrected chi connectivity index (χ2v) is 5.07. The molecule has 18 heavy (non-hydrogen) atoms. The lowest BCUT2D eigenvalue weighted by atomic mass is 10.2. The number of carbonyl (C=O) groups is 1. The third kappa shape index (κ3) is 4.43. The third-order valence-corrected chi connectivity index (χ3v) is 3.61. The van der Waals surface area contributed by atoms with E-state index in [9.17, 15) is 9.00 Å². The fourth-order valence-electron chi connectivity index (χ4n) is 1.30. The van der Waals surface area contributed by atoms with Crippen LogP contribution < -0.4 is 4.72 Å². The number of hydrogen-bond acceptors (Lipinski definition) is 3. The quantitative estimate of drug-likeness (QED) is 0.631. The molecule has 4 nitrogen and oxygen atoms in total. The average molecular weight is 267 g/mol. The summed E-state index contributed by atoms with van der Waals surface area (Å²) in [5.74, 6) is -0.367. The molecule has 98 valence electrons. The van der Waals surface area contributed by atoms with Crippen molar-refractivity contribution in [3.05, 3.63) is 42.5 Å². The molecule has 1 rings (SSSR count). The van der Waals surface area contributed by atoms with E-state index in [4.69, 9.17) is 0 Å². The van der Waals surface area contributed by atoms with Crippen LogP contribution in [0.5, 0.6) is 0 Å². The van der Waals surface area contributed by atoms with Crippen LogP contribution in [0, 0.1) is 6.92 Å². The van der Waals surface area contributed by atoms with Gasteiger partial charge in [0.1, 0.15) is 11.0 Å². The molecule has 0 radical (unpaired) electrons. The molecule has 0 spiro atoms. The molecular weight excluding hydrogens is 250 g/mol. The van der Waals surface area contributed by atoms with E-state index in [1.54, 1.807) is 18.2 Å². The number of methoxy groups -OCH3 is 1. The summed E-state index contributed by atoms with van der Waals surface area (Å²) in [4.78, 5) is 11.8. The van der Waals surface area contributed by atoms with Gasteiger partial charge in [-0.1, -0.05) is 23.8 Å². The van der Waals surface area contributed by atoms with Crippen molar-refractivity contribution in [1.29, 1.82) is 0 Å². The van der Waals surface area contributed by atoms with Gasteiger partial charge in [0.05, 0.1) is 18.4 Å². The average Bonchev–Trinajstić information content (AvgIpc) is 2.38. The Bertz CT molecular complexity index is 442. The van der Waals surface area contributed by atoms with Gasteiger partial charge >= 0.3 is 5.97 Å². The fraction of sp³-hybridized carbons (Fsp3) is 0.308. The zero-order valence-corrected chi connectivity index (χ0v) is 11.3. The summed E-state index contributed by atoms with van der Waals surface area (Å²) in [6.07, 6.45) is 1.65. The van der Waals surface area contributed by atoms with Crippen LogP contribution in [0.1, 0.15) is 12.0 Å². The van der Waals surface area contributed by atoms with Gasteiger partial charge in [-0.3, -0.25) is 4.79 Å². The summed E-state index contributed by atoms with van der Waals surface area (Å²) in [6.45, 7) is 5.57. The molecule has 1 N–H and O–H groups in total. The highest BCUT2D eigenvalue weighted by molar-refractivity contribution is 7.83. The molecule has 0 aliphatic carbocycles. The number of esters is 1. The summed E-state index contributed by atoms with van der Waals surface area (Å²) >= 11 is 0. The van der Waals surface area contributed by atoms with E-state index in [2.05, 4.69) is 16.0 Å². The molecule has 5 heteroatoms. The second-order valence-electron chi connectivity index (χ2n) is 3.82. The number of rotatable bonds is 6. The summed E-state index contributed by atoms with van der Waals surface area (Å²) in [5.41, 5.74) is 1.10. The third-order valence-electron chi connectivity index (χ3n) is 2.39. The molecule has 0 aliphatic rings. The van der Waals surface area contributed by atoms with Gasteiger partial charge in [0.2, 0.25) is 0 Å². The lowest BCUT2D eigenvalue weighted by Crippen LogP contribution is -2.31. The molecule has 0 amide bonds. The largest absolute Gasteiger partial charge is 0.469 e. The zero-order valence-electron chi connectivity index (χ0n) is 10.5. The number of aryl methyl sites for hydroxylation is 1. The van der Waals surface area contributed by atoms with Crippen molar-refractivity contribution in [3.8, 4) is 0 Å². The minimum atomic E-state index is -1.37. The Morgan fingerprint density at radius 2 is 2.11 bits per heavy atom. The van der Waals surface area contributed by atoms with E-state index < -0.39 is 11.0 Å². The SMILES string of the molecule is C=C[C@@H](CC(=O)OC)N[S@@](=O)c1ccc(C)cc1. The number of hydrogen-bond donors (Lipinski definition) is 1. The topological polar surface area (TPSA) is 55.4 Å². The first kappa shape index (κ1) is 14.6. The summed E-state index contributed by atoms with van der Waals surface area (Å²) in [6, 6.07) is 6.98. The molecule has 0 heterocycles. The van der Waals surface area contributed by atoms with Crippen LogP contribution in [0.25, 0.3) is 0 Å². The molecule has 0 aromatic heterocycles. The first-order valence-corrected chi connectivity index (χ1v) is 6.65. The lowest BCUT2D eigenvalue weighted by molar-refractivity contribution is -0.140. The molecule has 2 atom stereocenters. The van der Waals surface area contributed by atoms with Crippen molar-refractivity contribution >= 4 is 17.0 Å². The monoisotopic (exact) mass is 267 g/mol. The molecule has 0 aliphatic heterocycles. The predicted molar refractivity (Wildman–Crippen MR) is 71.3 cm³/mol. The predicted octanol–water partition coefficient (Wildman–Crippen LogP) is 1.72. The van der Waals surface area contributed by atoms with E-state index in [1.807, 2.05) is 19.1 Å². The molecular formula is C13H17NO3S. The van der Waals surface area contributed by atoms with Crippen LogP contribution in [-0.2, 0) is 20.5 Å². The summed E-state index contributed by atoms with van der Waals surface area (Å²) < 4.78 is 19.4. The Balaban J connectivity index is 2.64. The van der Waals surface area contributed by atoms with Gasteiger partial charge in [0.25, 0.3) is 0 Å². The van der Waals surface area contributed by atoms with Gasteiger partial charge in [-0.05, 0) is 19.1 Å². The smallest absolute Gasteiger partial charge is 0.307 e. The Morgan fingerprint density at radius 1 is 1.50 bits per heavy atom. The van der Waals surface area contributed by atoms with Gasteiger partial charge in [0, 0.05) is 6.04 Å². The minimum Gasteiger partial charge on any atom is -0.469 e. The minimum absolute atomic E-state index is 0.109. The van der Waals surface area contributed by atoms with Crippen LogP contribution in [0.2, 0.25) is 0 Å². The Labute approximate surface area is 110 Å². The molecule has 1 aromatic carbocycles. The van der Waals surface area contributed by atoms with Gasteiger partial charge in [-0.15, -0.1) is 6.58 Å². The van der Waals surface area contributed by atoms with Crippen molar-refractivity contribution in [2.24, 2.45) is 0 Å². The van der Waals surface area contributed by atoms with Crippen molar-refractivity contribution in [2.45, 2.75) is 24.3 Å². The Kier molecular flexibility index (Phi) is 5.74. The van der Waals surface area contributed by atoms with Crippen LogP contribution >= 0.6 is 0 Å². The van der Waals surface area contributed by atoms with Crippen LogP contribution in [0.4, 0.5) is 0 Å². The zero-order chi connectivity index (χ0) is 13.5. The van der Waals surface area contributed by atoms with Gasteiger partial charge in [-0.25, -0.2) is 8.93 Å².